The summed E-state index contributed by atoms with van der Waals surface area (Å²) in [5.74, 6) is -3.03. The first-order valence-electron chi connectivity index (χ1n) is 7.20. The van der Waals surface area contributed by atoms with Crippen LogP contribution in [0.4, 0.5) is 22.0 Å². The number of carbonyl (C=O) groups is 1. The summed E-state index contributed by atoms with van der Waals surface area (Å²) in [6.07, 6.45) is -5.20. The number of hydrogen-bond donors (Lipinski definition) is 0. The van der Waals surface area contributed by atoms with Gasteiger partial charge in [-0.2, -0.15) is 13.2 Å². The van der Waals surface area contributed by atoms with Crippen molar-refractivity contribution in [2.45, 2.75) is 12.3 Å². The van der Waals surface area contributed by atoms with Crippen LogP contribution in [0.25, 0.3) is 0 Å². The Labute approximate surface area is 138 Å². The zero-order chi connectivity index (χ0) is 18.2. The van der Waals surface area contributed by atoms with Gasteiger partial charge in [-0.1, -0.05) is 12.1 Å². The molecule has 1 aromatic carbocycles. The lowest BCUT2D eigenvalue weighted by atomic mass is 10.1. The summed E-state index contributed by atoms with van der Waals surface area (Å²) >= 11 is 0. The topological polar surface area (TPSA) is 42.4 Å². The molecule has 132 valence electrons. The average Bonchev–Trinajstić information content (AvgIpc) is 2.49. The van der Waals surface area contributed by atoms with Crippen molar-refractivity contribution in [1.29, 1.82) is 0 Å². The van der Waals surface area contributed by atoms with Crippen LogP contribution in [0.2, 0.25) is 0 Å². The minimum atomic E-state index is -4.59. The molecule has 1 amide bonds. The lowest BCUT2D eigenvalue weighted by molar-refractivity contribution is -0.141. The minimum Gasteiger partial charge on any atom is -0.471 e. The van der Waals surface area contributed by atoms with Crippen molar-refractivity contribution >= 4 is 5.91 Å². The standard InChI is InChI=1S/C16H11F5N2O2/c17-10-3-1-4-11(18)14(10)15(24)23-7-9(8-23)25-13-6-2-5-12(22-13)16(19,20)21/h1-6,9H,7-8H2. The highest BCUT2D eigenvalue weighted by atomic mass is 19.4. The number of halogens is 5. The number of amides is 1. The Bertz CT molecular complexity index is 783. The summed E-state index contributed by atoms with van der Waals surface area (Å²) < 4.78 is 70.2. The predicted octanol–water partition coefficient (Wildman–Crippen LogP) is 3.28. The van der Waals surface area contributed by atoms with Crippen LogP contribution in [0.1, 0.15) is 16.1 Å². The van der Waals surface area contributed by atoms with Crippen LogP contribution in [0, 0.1) is 11.6 Å². The second-order valence-electron chi connectivity index (χ2n) is 5.41. The highest BCUT2D eigenvalue weighted by Gasteiger charge is 2.36. The van der Waals surface area contributed by atoms with Gasteiger partial charge in [0.25, 0.3) is 5.91 Å². The van der Waals surface area contributed by atoms with E-state index in [1.54, 1.807) is 0 Å². The number of ether oxygens (including phenoxy) is 1. The number of benzene rings is 1. The van der Waals surface area contributed by atoms with Crippen LogP contribution in [0.15, 0.2) is 36.4 Å². The van der Waals surface area contributed by atoms with Crippen molar-refractivity contribution in [3.8, 4) is 5.88 Å². The molecule has 1 fully saturated rings. The lowest BCUT2D eigenvalue weighted by Gasteiger charge is -2.38. The lowest BCUT2D eigenvalue weighted by Crippen LogP contribution is -2.56. The summed E-state index contributed by atoms with van der Waals surface area (Å²) in [6, 6.07) is 6.30. The first-order valence-corrected chi connectivity index (χ1v) is 7.20. The normalized spacial score (nSPS) is 15.0. The maximum absolute atomic E-state index is 13.6. The molecule has 1 aliphatic rings. The Kier molecular flexibility index (Phi) is 4.32. The fourth-order valence-corrected chi connectivity index (χ4v) is 2.35. The van der Waals surface area contributed by atoms with Crippen molar-refractivity contribution in [3.63, 3.8) is 0 Å². The molecule has 9 heteroatoms. The molecule has 1 aromatic heterocycles. The molecular formula is C16H11F5N2O2. The smallest absolute Gasteiger partial charge is 0.433 e. The third kappa shape index (κ3) is 3.54. The van der Waals surface area contributed by atoms with E-state index in [9.17, 15) is 26.7 Å². The number of likely N-dealkylation sites (tertiary alicyclic amines) is 1. The number of nitrogens with zero attached hydrogens (tertiary/aromatic N) is 2. The quantitative estimate of drug-likeness (QED) is 0.791. The molecule has 3 rings (SSSR count). The first kappa shape index (κ1) is 17.1. The van der Waals surface area contributed by atoms with E-state index < -0.39 is 41.1 Å². The van der Waals surface area contributed by atoms with Crippen molar-refractivity contribution in [3.05, 3.63) is 59.3 Å². The number of alkyl halides is 3. The number of hydrogen-bond acceptors (Lipinski definition) is 3. The van der Waals surface area contributed by atoms with E-state index in [4.69, 9.17) is 4.74 Å². The van der Waals surface area contributed by atoms with Crippen molar-refractivity contribution in [2.24, 2.45) is 0 Å². The highest BCUT2D eigenvalue weighted by Crippen LogP contribution is 2.29. The third-order valence-electron chi connectivity index (χ3n) is 3.61. The molecule has 0 atom stereocenters. The van der Waals surface area contributed by atoms with E-state index >= 15 is 0 Å². The van der Waals surface area contributed by atoms with Gasteiger partial charge >= 0.3 is 6.18 Å². The maximum atomic E-state index is 13.6. The Morgan fingerprint density at radius 3 is 2.28 bits per heavy atom. The van der Waals surface area contributed by atoms with Crippen LogP contribution in [0.5, 0.6) is 5.88 Å². The number of rotatable bonds is 3. The summed E-state index contributed by atoms with van der Waals surface area (Å²) in [5.41, 5.74) is -1.76. The van der Waals surface area contributed by atoms with Crippen LogP contribution in [-0.4, -0.2) is 35.0 Å². The molecule has 0 unspecified atom stereocenters. The molecule has 2 heterocycles. The molecule has 0 spiro atoms. The third-order valence-corrected chi connectivity index (χ3v) is 3.61. The fourth-order valence-electron chi connectivity index (χ4n) is 2.35. The van der Waals surface area contributed by atoms with Gasteiger partial charge in [0.2, 0.25) is 5.88 Å². The van der Waals surface area contributed by atoms with Gasteiger partial charge in [-0.3, -0.25) is 4.79 Å². The summed E-state index contributed by atoms with van der Waals surface area (Å²) in [4.78, 5) is 16.6. The molecule has 2 aromatic rings. The summed E-state index contributed by atoms with van der Waals surface area (Å²) in [6.45, 7) is -0.0188. The predicted molar refractivity (Wildman–Crippen MR) is 75.9 cm³/mol. The Morgan fingerprint density at radius 1 is 1.08 bits per heavy atom. The Hall–Kier alpha value is -2.71. The van der Waals surface area contributed by atoms with Gasteiger partial charge < -0.3 is 9.64 Å². The van der Waals surface area contributed by atoms with E-state index in [1.165, 1.54) is 6.07 Å². The van der Waals surface area contributed by atoms with Crippen LogP contribution in [0.3, 0.4) is 0 Å². The second kappa shape index (κ2) is 6.30. The van der Waals surface area contributed by atoms with Gasteiger partial charge in [0.1, 0.15) is 29.0 Å². The zero-order valence-corrected chi connectivity index (χ0v) is 12.6. The van der Waals surface area contributed by atoms with E-state index in [-0.39, 0.29) is 19.0 Å². The molecule has 0 radical (unpaired) electrons. The number of aromatic nitrogens is 1. The van der Waals surface area contributed by atoms with E-state index in [2.05, 4.69) is 4.98 Å². The minimum absolute atomic E-state index is 0.00939. The van der Waals surface area contributed by atoms with E-state index in [1.807, 2.05) is 0 Å². The molecule has 1 saturated heterocycles. The first-order chi connectivity index (χ1) is 11.8. The number of carbonyl (C=O) groups excluding carboxylic acids is 1. The van der Waals surface area contributed by atoms with E-state index in [0.29, 0.717) is 0 Å². The van der Waals surface area contributed by atoms with Gasteiger partial charge in [0.15, 0.2) is 0 Å². The fraction of sp³-hybridized carbons (Fsp3) is 0.250. The van der Waals surface area contributed by atoms with Crippen LogP contribution < -0.4 is 4.74 Å². The molecule has 0 bridgehead atoms. The zero-order valence-electron chi connectivity index (χ0n) is 12.6. The average molecular weight is 358 g/mol. The van der Waals surface area contributed by atoms with Gasteiger partial charge in [-0.05, 0) is 18.2 Å². The molecule has 25 heavy (non-hydrogen) atoms. The van der Waals surface area contributed by atoms with Crippen LogP contribution in [-0.2, 0) is 6.18 Å². The number of pyridine rings is 1. The Balaban J connectivity index is 1.63. The van der Waals surface area contributed by atoms with Crippen molar-refractivity contribution in [1.82, 2.24) is 9.88 Å². The largest absolute Gasteiger partial charge is 0.471 e. The SMILES string of the molecule is O=C(c1c(F)cccc1F)N1CC(Oc2cccc(C(F)(F)F)n2)C1. The monoisotopic (exact) mass is 358 g/mol. The summed E-state index contributed by atoms with van der Waals surface area (Å²) in [7, 11) is 0. The Morgan fingerprint density at radius 2 is 1.68 bits per heavy atom. The van der Waals surface area contributed by atoms with E-state index in [0.717, 1.165) is 35.2 Å². The molecule has 1 aliphatic heterocycles. The molecule has 4 nitrogen and oxygen atoms in total. The van der Waals surface area contributed by atoms with Crippen molar-refractivity contribution in [2.75, 3.05) is 13.1 Å². The molecule has 0 aliphatic carbocycles. The summed E-state index contributed by atoms with van der Waals surface area (Å²) in [5, 5.41) is 0. The van der Waals surface area contributed by atoms with Gasteiger partial charge in [-0.15, -0.1) is 0 Å². The van der Waals surface area contributed by atoms with Gasteiger partial charge in [0.05, 0.1) is 13.1 Å². The molecular weight excluding hydrogens is 347 g/mol. The molecule has 0 N–H and O–H groups in total. The maximum Gasteiger partial charge on any atom is 0.433 e. The van der Waals surface area contributed by atoms with Gasteiger partial charge in [-0.25, -0.2) is 13.8 Å². The van der Waals surface area contributed by atoms with Crippen molar-refractivity contribution < 1.29 is 31.5 Å². The highest BCUT2D eigenvalue weighted by molar-refractivity contribution is 5.95. The van der Waals surface area contributed by atoms with Gasteiger partial charge in [0, 0.05) is 6.07 Å². The van der Waals surface area contributed by atoms with Crippen LogP contribution >= 0.6 is 0 Å². The molecule has 0 saturated carbocycles. The second-order valence-corrected chi connectivity index (χ2v) is 5.41.